The summed E-state index contributed by atoms with van der Waals surface area (Å²) in [6, 6.07) is 71.8. The third-order valence-corrected chi connectivity index (χ3v) is 11.4. The molecule has 10 rings (SSSR count). The lowest BCUT2D eigenvalue weighted by atomic mass is 9.85. The van der Waals surface area contributed by atoms with Crippen LogP contribution in [0.1, 0.15) is 0 Å². The summed E-state index contributed by atoms with van der Waals surface area (Å²) >= 11 is 0. The number of benzene rings is 8. The standard InChI is InChI=1S/C58H38F2N2/c59-49-14-10-13-44(36-49)46-33-47(35-48(34-46)56-38-50(60)28-30-52(56)41-23-25-43(26-24-41)57-17-6-8-31-61-57)51-15-4-5-16-53(51)54-29-27-45(58-18-7-9-32-62-58)37-55(54)42-21-19-40(20-22-42)39-11-2-1-3-12-39/h1-38H. The fourth-order valence-electron chi connectivity index (χ4n) is 8.29. The fourth-order valence-corrected chi connectivity index (χ4v) is 8.29. The molecule has 0 atom stereocenters. The molecule has 2 aromatic heterocycles. The molecule has 62 heavy (non-hydrogen) atoms. The van der Waals surface area contributed by atoms with E-state index in [9.17, 15) is 4.39 Å². The SMILES string of the molecule is Fc1cccc(-c2cc(-c3cc(F)ccc3-c3ccc(-c4ccccn4)cc3)cc(-c3ccccc3-c3ccc(-c4ccccn4)cc3-c3ccc(-c4ccccc4)cc3)c2)c1. The maximum Gasteiger partial charge on any atom is 0.123 e. The van der Waals surface area contributed by atoms with E-state index < -0.39 is 0 Å². The minimum atomic E-state index is -0.345. The van der Waals surface area contributed by atoms with E-state index in [1.54, 1.807) is 24.4 Å². The second kappa shape index (κ2) is 16.9. The van der Waals surface area contributed by atoms with Crippen LogP contribution in [-0.4, -0.2) is 9.97 Å². The molecule has 0 N–H and O–H groups in total. The topological polar surface area (TPSA) is 25.8 Å². The van der Waals surface area contributed by atoms with Gasteiger partial charge in [-0.05, 0) is 151 Å². The smallest absolute Gasteiger partial charge is 0.123 e. The van der Waals surface area contributed by atoms with Crippen molar-refractivity contribution in [1.29, 1.82) is 0 Å². The van der Waals surface area contributed by atoms with Crippen molar-refractivity contribution in [1.82, 2.24) is 9.97 Å². The van der Waals surface area contributed by atoms with Gasteiger partial charge in [-0.25, -0.2) is 8.78 Å². The average Bonchev–Trinajstić information content (AvgIpc) is 3.34. The van der Waals surface area contributed by atoms with Crippen molar-refractivity contribution in [3.8, 4) is 100 Å². The number of rotatable bonds is 9. The summed E-state index contributed by atoms with van der Waals surface area (Å²) in [5, 5.41) is 0. The van der Waals surface area contributed by atoms with Gasteiger partial charge in [0.15, 0.2) is 0 Å². The molecular weight excluding hydrogens is 763 g/mol. The highest BCUT2D eigenvalue weighted by molar-refractivity contribution is 5.96. The number of nitrogens with zero attached hydrogens (tertiary/aromatic N) is 2. The van der Waals surface area contributed by atoms with Crippen LogP contribution in [0.5, 0.6) is 0 Å². The highest BCUT2D eigenvalue weighted by Gasteiger charge is 2.18. The van der Waals surface area contributed by atoms with Gasteiger partial charge in [0.05, 0.1) is 11.4 Å². The Kier molecular flexibility index (Phi) is 10.4. The lowest BCUT2D eigenvalue weighted by Gasteiger charge is -2.19. The monoisotopic (exact) mass is 800 g/mol. The zero-order valence-corrected chi connectivity index (χ0v) is 33.6. The van der Waals surface area contributed by atoms with Gasteiger partial charge in [-0.15, -0.1) is 0 Å². The molecule has 0 aliphatic rings. The normalized spacial score (nSPS) is 11.1. The number of pyridine rings is 2. The third kappa shape index (κ3) is 7.85. The molecule has 0 saturated heterocycles. The molecule has 2 nitrogen and oxygen atoms in total. The minimum absolute atomic E-state index is 0.329. The van der Waals surface area contributed by atoms with Crippen LogP contribution in [0.15, 0.2) is 231 Å². The van der Waals surface area contributed by atoms with Crippen LogP contribution in [0.2, 0.25) is 0 Å². The molecular formula is C58H38F2N2. The maximum atomic E-state index is 15.4. The van der Waals surface area contributed by atoms with E-state index in [0.717, 1.165) is 100 Å². The number of hydrogen-bond donors (Lipinski definition) is 0. The molecule has 0 radical (unpaired) electrons. The van der Waals surface area contributed by atoms with Gasteiger partial charge in [0.2, 0.25) is 0 Å². The molecule has 0 amide bonds. The van der Waals surface area contributed by atoms with Crippen LogP contribution >= 0.6 is 0 Å². The van der Waals surface area contributed by atoms with Gasteiger partial charge in [-0.1, -0.05) is 146 Å². The molecule has 0 fully saturated rings. The Labute approximate surface area is 360 Å². The molecule has 0 saturated carbocycles. The fraction of sp³-hybridized carbons (Fsp3) is 0. The van der Waals surface area contributed by atoms with Crippen molar-refractivity contribution in [2.24, 2.45) is 0 Å². The molecule has 0 aliphatic carbocycles. The van der Waals surface area contributed by atoms with Gasteiger partial charge < -0.3 is 0 Å². The second-order valence-corrected chi connectivity index (χ2v) is 15.3. The predicted molar refractivity (Wildman–Crippen MR) is 251 cm³/mol. The average molecular weight is 801 g/mol. The van der Waals surface area contributed by atoms with E-state index in [-0.39, 0.29) is 11.6 Å². The largest absolute Gasteiger partial charge is 0.256 e. The van der Waals surface area contributed by atoms with E-state index >= 15 is 4.39 Å². The van der Waals surface area contributed by atoms with E-state index in [2.05, 4.69) is 119 Å². The minimum Gasteiger partial charge on any atom is -0.256 e. The van der Waals surface area contributed by atoms with Gasteiger partial charge in [-0.3, -0.25) is 9.97 Å². The van der Waals surface area contributed by atoms with E-state index in [4.69, 9.17) is 0 Å². The molecule has 4 heteroatoms. The molecule has 0 bridgehead atoms. The van der Waals surface area contributed by atoms with Crippen molar-refractivity contribution in [2.75, 3.05) is 0 Å². The maximum absolute atomic E-state index is 15.4. The van der Waals surface area contributed by atoms with Crippen LogP contribution in [0.25, 0.3) is 100 Å². The van der Waals surface area contributed by atoms with Crippen molar-refractivity contribution >= 4 is 0 Å². The summed E-state index contributed by atoms with van der Waals surface area (Å²) in [5.74, 6) is -0.673. The number of halogens is 2. The summed E-state index contributed by atoms with van der Waals surface area (Å²) in [4.78, 5) is 9.20. The van der Waals surface area contributed by atoms with Crippen LogP contribution < -0.4 is 0 Å². The summed E-state index contributed by atoms with van der Waals surface area (Å²) in [7, 11) is 0. The Hall–Kier alpha value is -8.08. The Morgan fingerprint density at radius 2 is 0.694 bits per heavy atom. The number of hydrogen-bond acceptors (Lipinski definition) is 2. The van der Waals surface area contributed by atoms with E-state index in [1.807, 2.05) is 85.1 Å². The van der Waals surface area contributed by atoms with E-state index in [1.165, 1.54) is 12.1 Å². The number of aromatic nitrogens is 2. The van der Waals surface area contributed by atoms with E-state index in [0.29, 0.717) is 0 Å². The lowest BCUT2D eigenvalue weighted by molar-refractivity contribution is 0.628. The Morgan fingerprint density at radius 3 is 1.39 bits per heavy atom. The first-order chi connectivity index (χ1) is 30.5. The van der Waals surface area contributed by atoms with Crippen LogP contribution in [0, 0.1) is 11.6 Å². The first-order valence-electron chi connectivity index (χ1n) is 20.6. The van der Waals surface area contributed by atoms with Gasteiger partial charge >= 0.3 is 0 Å². The third-order valence-electron chi connectivity index (χ3n) is 11.4. The van der Waals surface area contributed by atoms with Gasteiger partial charge in [0.25, 0.3) is 0 Å². The zero-order valence-electron chi connectivity index (χ0n) is 33.6. The van der Waals surface area contributed by atoms with Crippen molar-refractivity contribution in [3.05, 3.63) is 242 Å². The molecule has 0 spiro atoms. The zero-order chi connectivity index (χ0) is 41.8. The molecule has 2 heterocycles. The molecule has 0 aliphatic heterocycles. The first-order valence-corrected chi connectivity index (χ1v) is 20.6. The van der Waals surface area contributed by atoms with Gasteiger partial charge in [-0.2, -0.15) is 0 Å². The highest BCUT2D eigenvalue weighted by Crippen LogP contribution is 2.44. The predicted octanol–water partition coefficient (Wildman–Crippen LogP) is 15.8. The van der Waals surface area contributed by atoms with Gasteiger partial charge in [0.1, 0.15) is 11.6 Å². The van der Waals surface area contributed by atoms with Crippen molar-refractivity contribution in [3.63, 3.8) is 0 Å². The van der Waals surface area contributed by atoms with Crippen LogP contribution in [0.4, 0.5) is 8.78 Å². The Morgan fingerprint density at radius 1 is 0.226 bits per heavy atom. The molecule has 10 aromatic rings. The van der Waals surface area contributed by atoms with Crippen molar-refractivity contribution < 1.29 is 8.78 Å². The summed E-state index contributed by atoms with van der Waals surface area (Å²) < 4.78 is 30.3. The Balaban J connectivity index is 1.14. The van der Waals surface area contributed by atoms with Crippen LogP contribution in [0.3, 0.4) is 0 Å². The van der Waals surface area contributed by atoms with Crippen molar-refractivity contribution in [2.45, 2.75) is 0 Å². The quantitative estimate of drug-likeness (QED) is 0.145. The summed E-state index contributed by atoms with van der Waals surface area (Å²) in [5.41, 5.74) is 17.0. The molecule has 294 valence electrons. The Bertz CT molecular complexity index is 3160. The summed E-state index contributed by atoms with van der Waals surface area (Å²) in [6.07, 6.45) is 3.60. The molecule has 0 unspecified atom stereocenters. The van der Waals surface area contributed by atoms with Crippen LogP contribution in [-0.2, 0) is 0 Å². The molecule has 8 aromatic carbocycles. The highest BCUT2D eigenvalue weighted by atomic mass is 19.1. The van der Waals surface area contributed by atoms with Gasteiger partial charge in [0, 0.05) is 23.5 Å². The first kappa shape index (κ1) is 38.1. The summed E-state index contributed by atoms with van der Waals surface area (Å²) in [6.45, 7) is 0. The lowest BCUT2D eigenvalue weighted by Crippen LogP contribution is -1.94. The second-order valence-electron chi connectivity index (χ2n) is 15.3.